The van der Waals surface area contributed by atoms with Crippen LogP contribution >= 0.6 is 0 Å². The van der Waals surface area contributed by atoms with Crippen molar-refractivity contribution in [2.75, 3.05) is 20.8 Å². The average molecular weight is 449 g/mol. The Balaban J connectivity index is 1.54. The van der Waals surface area contributed by atoms with Crippen LogP contribution in [0.25, 0.3) is 11.1 Å². The number of nitrogens with zero attached hydrogens (tertiary/aromatic N) is 2. The topological polar surface area (TPSA) is 128 Å². The second kappa shape index (κ2) is 7.44. The van der Waals surface area contributed by atoms with Crippen molar-refractivity contribution in [2.45, 2.75) is 18.4 Å². The van der Waals surface area contributed by atoms with Gasteiger partial charge >= 0.3 is 5.97 Å². The van der Waals surface area contributed by atoms with Gasteiger partial charge in [0, 0.05) is 24.7 Å². The second-order valence-electron chi connectivity index (χ2n) is 8.00. The van der Waals surface area contributed by atoms with E-state index in [2.05, 4.69) is 10.3 Å². The third-order valence-corrected chi connectivity index (χ3v) is 6.05. The van der Waals surface area contributed by atoms with Gasteiger partial charge in [-0.3, -0.25) is 19.7 Å². The van der Waals surface area contributed by atoms with Gasteiger partial charge < -0.3 is 18.8 Å². The van der Waals surface area contributed by atoms with E-state index in [-0.39, 0.29) is 36.9 Å². The number of furan rings is 1. The number of nitrogens with one attached hydrogen (secondary N) is 1. The van der Waals surface area contributed by atoms with Crippen molar-refractivity contribution < 1.29 is 33.1 Å². The van der Waals surface area contributed by atoms with Gasteiger partial charge in [-0.2, -0.15) is 0 Å². The minimum absolute atomic E-state index is 0.0654. The van der Waals surface area contributed by atoms with Crippen molar-refractivity contribution in [1.29, 1.82) is 0 Å². The van der Waals surface area contributed by atoms with Crippen molar-refractivity contribution in [1.82, 2.24) is 15.2 Å². The number of hydrogen-bond acceptors (Lipinski definition) is 8. The number of imide groups is 1. The van der Waals surface area contributed by atoms with Gasteiger partial charge in [0.2, 0.25) is 11.8 Å². The van der Waals surface area contributed by atoms with Crippen LogP contribution in [0.2, 0.25) is 0 Å². The molecule has 0 saturated carbocycles. The minimum atomic E-state index is -1.43. The molecule has 1 fully saturated rings. The van der Waals surface area contributed by atoms with Crippen LogP contribution in [0, 0.1) is 0 Å². The predicted octanol–water partition coefficient (Wildman–Crippen LogP) is 1.56. The van der Waals surface area contributed by atoms with Gasteiger partial charge in [-0.05, 0) is 29.8 Å². The number of methoxy groups -OCH3 is 2. The molecule has 0 spiro atoms. The van der Waals surface area contributed by atoms with Gasteiger partial charge in [-0.15, -0.1) is 0 Å². The van der Waals surface area contributed by atoms with Crippen LogP contribution in [0.15, 0.2) is 40.8 Å². The number of ether oxygens (including phenoxy) is 2. The largest absolute Gasteiger partial charge is 0.497 e. The first-order valence-electron chi connectivity index (χ1n) is 10.1. The number of esters is 1. The molecule has 10 nitrogen and oxygen atoms in total. The molecule has 5 rings (SSSR count). The summed E-state index contributed by atoms with van der Waals surface area (Å²) in [7, 11) is 2.77. The molecule has 3 amide bonds. The summed E-state index contributed by atoms with van der Waals surface area (Å²) < 4.78 is 15.8. The van der Waals surface area contributed by atoms with Crippen LogP contribution in [0.4, 0.5) is 0 Å². The number of hydrogen-bond donors (Lipinski definition) is 1. The Labute approximate surface area is 187 Å². The van der Waals surface area contributed by atoms with Crippen LogP contribution < -0.4 is 10.1 Å². The Kier molecular flexibility index (Phi) is 4.66. The van der Waals surface area contributed by atoms with E-state index in [1.54, 1.807) is 24.3 Å². The van der Waals surface area contributed by atoms with Crippen LogP contribution in [0.5, 0.6) is 5.75 Å². The third-order valence-electron chi connectivity index (χ3n) is 6.05. The summed E-state index contributed by atoms with van der Waals surface area (Å²) in [6.07, 6.45) is -0.182. The summed E-state index contributed by atoms with van der Waals surface area (Å²) in [5.41, 5.74) is 0.617. The molecule has 0 radical (unpaired) electrons. The molecule has 2 aliphatic heterocycles. The Morgan fingerprint density at radius 1 is 1.18 bits per heavy atom. The number of carbonyl (C=O) groups excluding carboxylic acids is 4. The van der Waals surface area contributed by atoms with E-state index in [9.17, 15) is 19.2 Å². The summed E-state index contributed by atoms with van der Waals surface area (Å²) in [6, 6.07) is 9.74. The number of carbonyl (C=O) groups is 4. The zero-order chi connectivity index (χ0) is 23.3. The van der Waals surface area contributed by atoms with E-state index in [0.29, 0.717) is 22.4 Å². The molecule has 168 valence electrons. The second-order valence-corrected chi connectivity index (χ2v) is 8.00. The highest BCUT2D eigenvalue weighted by Gasteiger charge is 2.53. The highest BCUT2D eigenvalue weighted by atomic mass is 16.5. The van der Waals surface area contributed by atoms with E-state index >= 15 is 0 Å². The van der Waals surface area contributed by atoms with Crippen LogP contribution in [-0.2, 0) is 26.3 Å². The number of amides is 3. The van der Waals surface area contributed by atoms with E-state index < -0.39 is 23.2 Å². The fourth-order valence-corrected chi connectivity index (χ4v) is 4.35. The van der Waals surface area contributed by atoms with Crippen molar-refractivity contribution in [3.05, 3.63) is 59.0 Å². The molecule has 2 aromatic heterocycles. The van der Waals surface area contributed by atoms with E-state index in [1.165, 1.54) is 31.3 Å². The molecule has 1 atom stereocenters. The molecule has 0 bridgehead atoms. The number of fused-ring (bicyclic) bond motifs is 2. The summed E-state index contributed by atoms with van der Waals surface area (Å²) in [4.78, 5) is 55.9. The molecule has 10 heteroatoms. The average Bonchev–Trinajstić information content (AvgIpc) is 3.46. The number of aromatic nitrogens is 1. The van der Waals surface area contributed by atoms with Gasteiger partial charge in [0.1, 0.15) is 28.1 Å². The first-order chi connectivity index (χ1) is 15.8. The van der Waals surface area contributed by atoms with Crippen LogP contribution in [-0.4, -0.2) is 54.3 Å². The highest BCUT2D eigenvalue weighted by molar-refractivity contribution is 6.10. The molecule has 33 heavy (non-hydrogen) atoms. The molecule has 2 aliphatic rings. The zero-order valence-electron chi connectivity index (χ0n) is 17.8. The Morgan fingerprint density at radius 3 is 2.70 bits per heavy atom. The quantitative estimate of drug-likeness (QED) is 0.459. The van der Waals surface area contributed by atoms with E-state index in [4.69, 9.17) is 13.9 Å². The Morgan fingerprint density at radius 2 is 2.00 bits per heavy atom. The highest BCUT2D eigenvalue weighted by Crippen LogP contribution is 2.39. The standard InChI is InChI=1S/C23H19N3O7/c1-31-13-4-3-12-10-26(20(28)14(12)7-13)11-23(9-19(27)25-22(23)30)18-8-16-17(33-18)6-5-15(24-16)21(29)32-2/h3-8H,9-11H2,1-2H3,(H,25,27,30)/t23-/m1/s1. The lowest BCUT2D eigenvalue weighted by atomic mass is 9.82. The number of rotatable bonds is 5. The smallest absolute Gasteiger partial charge is 0.356 e. The maximum absolute atomic E-state index is 13.1. The van der Waals surface area contributed by atoms with Gasteiger partial charge in [0.25, 0.3) is 5.91 Å². The molecule has 3 aromatic rings. The van der Waals surface area contributed by atoms with Crippen molar-refractivity contribution >= 4 is 34.8 Å². The lowest BCUT2D eigenvalue weighted by Crippen LogP contribution is -2.46. The number of benzene rings is 1. The maximum Gasteiger partial charge on any atom is 0.356 e. The Bertz CT molecular complexity index is 1350. The molecular weight excluding hydrogens is 430 g/mol. The molecule has 1 aromatic carbocycles. The monoisotopic (exact) mass is 449 g/mol. The molecular formula is C23H19N3O7. The summed E-state index contributed by atoms with van der Waals surface area (Å²) in [5.74, 6) is -1.15. The van der Waals surface area contributed by atoms with E-state index in [1.807, 2.05) is 0 Å². The van der Waals surface area contributed by atoms with Gasteiger partial charge in [-0.1, -0.05) is 6.07 Å². The minimum Gasteiger partial charge on any atom is -0.497 e. The third kappa shape index (κ3) is 3.22. The molecule has 0 unspecified atom stereocenters. The number of pyridine rings is 1. The lowest BCUT2D eigenvalue weighted by Gasteiger charge is -2.28. The van der Waals surface area contributed by atoms with Gasteiger partial charge in [0.15, 0.2) is 5.58 Å². The molecule has 1 N–H and O–H groups in total. The Hall–Kier alpha value is -4.21. The first-order valence-corrected chi connectivity index (χ1v) is 10.1. The van der Waals surface area contributed by atoms with Crippen LogP contribution in [0.3, 0.4) is 0 Å². The van der Waals surface area contributed by atoms with Crippen molar-refractivity contribution in [2.24, 2.45) is 0 Å². The maximum atomic E-state index is 13.1. The molecule has 1 saturated heterocycles. The predicted molar refractivity (Wildman–Crippen MR) is 113 cm³/mol. The fourth-order valence-electron chi connectivity index (χ4n) is 4.35. The zero-order valence-corrected chi connectivity index (χ0v) is 17.8. The van der Waals surface area contributed by atoms with E-state index in [0.717, 1.165) is 5.56 Å². The molecule has 4 heterocycles. The van der Waals surface area contributed by atoms with Crippen LogP contribution in [0.1, 0.15) is 38.6 Å². The fraction of sp³-hybridized carbons (Fsp3) is 0.261. The lowest BCUT2D eigenvalue weighted by molar-refractivity contribution is -0.127. The summed E-state index contributed by atoms with van der Waals surface area (Å²) >= 11 is 0. The van der Waals surface area contributed by atoms with Gasteiger partial charge in [0.05, 0.1) is 20.6 Å². The summed E-state index contributed by atoms with van der Waals surface area (Å²) in [5, 5.41) is 2.33. The van der Waals surface area contributed by atoms with Crippen molar-refractivity contribution in [3.63, 3.8) is 0 Å². The normalized spacial score (nSPS) is 19.7. The SMILES string of the molecule is COC(=O)c1ccc2oc([C@]3(CN4Cc5ccc(OC)cc5C4=O)CC(=O)NC3=O)cc2n1. The first kappa shape index (κ1) is 20.7. The molecule has 0 aliphatic carbocycles. The van der Waals surface area contributed by atoms with Gasteiger partial charge in [-0.25, -0.2) is 9.78 Å². The summed E-state index contributed by atoms with van der Waals surface area (Å²) in [6.45, 7) is 0.219. The van der Waals surface area contributed by atoms with Crippen molar-refractivity contribution in [3.8, 4) is 5.75 Å².